The molecule has 0 aromatic carbocycles. The van der Waals surface area contributed by atoms with E-state index in [2.05, 4.69) is 6.08 Å². The summed E-state index contributed by atoms with van der Waals surface area (Å²) in [5, 5.41) is 0. The maximum absolute atomic E-state index is 10.2. The highest BCUT2D eigenvalue weighted by atomic mass is 16.7. The number of carbonyl (C=O) groups excluding carboxylic acids is 1. The predicted molar refractivity (Wildman–Crippen MR) is 58.5 cm³/mol. The lowest BCUT2D eigenvalue weighted by Crippen LogP contribution is -2.08. The number of ether oxygens (including phenoxy) is 2. The van der Waals surface area contributed by atoms with E-state index in [0.717, 1.165) is 30.3 Å². The van der Waals surface area contributed by atoms with Crippen LogP contribution in [0.4, 0.5) is 0 Å². The molecule has 3 nitrogen and oxygen atoms in total. The average Bonchev–Trinajstić information content (AvgIpc) is 2.70. The standard InChI is InChI=1S/C12H18O3/c1-10(6-7-13)4-3-5-11(2)12-14-8-9-15-12/h5-7,12H,3-4,8-9H2,1-2H3/b10-6+,11-5+. The Balaban J connectivity index is 2.30. The molecule has 0 bridgehead atoms. The van der Waals surface area contributed by atoms with Gasteiger partial charge in [-0.1, -0.05) is 11.6 Å². The molecule has 1 heterocycles. The maximum atomic E-state index is 10.2. The molecule has 1 rings (SSSR count). The van der Waals surface area contributed by atoms with E-state index in [1.54, 1.807) is 6.08 Å². The third-order valence-corrected chi connectivity index (χ3v) is 2.35. The Kier molecular flexibility index (Phi) is 5.29. The summed E-state index contributed by atoms with van der Waals surface area (Å²) < 4.78 is 10.7. The minimum Gasteiger partial charge on any atom is -0.346 e. The summed E-state index contributed by atoms with van der Waals surface area (Å²) in [6, 6.07) is 0. The number of hydrogen-bond donors (Lipinski definition) is 0. The molecule has 0 aromatic rings. The van der Waals surface area contributed by atoms with Crippen LogP contribution in [0.15, 0.2) is 23.3 Å². The van der Waals surface area contributed by atoms with Gasteiger partial charge in [-0.2, -0.15) is 0 Å². The van der Waals surface area contributed by atoms with E-state index in [-0.39, 0.29) is 6.29 Å². The third kappa shape index (κ3) is 4.40. The van der Waals surface area contributed by atoms with Gasteiger partial charge < -0.3 is 9.47 Å². The van der Waals surface area contributed by atoms with Gasteiger partial charge >= 0.3 is 0 Å². The van der Waals surface area contributed by atoms with Crippen molar-refractivity contribution >= 4 is 6.29 Å². The Morgan fingerprint density at radius 1 is 1.33 bits per heavy atom. The van der Waals surface area contributed by atoms with Crippen LogP contribution in [0.2, 0.25) is 0 Å². The van der Waals surface area contributed by atoms with Crippen LogP contribution in [-0.4, -0.2) is 25.8 Å². The van der Waals surface area contributed by atoms with Gasteiger partial charge in [0.2, 0.25) is 0 Å². The minimum atomic E-state index is -0.152. The van der Waals surface area contributed by atoms with Gasteiger partial charge in [0.25, 0.3) is 0 Å². The average molecular weight is 210 g/mol. The van der Waals surface area contributed by atoms with E-state index in [1.807, 2.05) is 13.8 Å². The molecule has 0 radical (unpaired) electrons. The van der Waals surface area contributed by atoms with Gasteiger partial charge in [-0.3, -0.25) is 4.79 Å². The van der Waals surface area contributed by atoms with Crippen molar-refractivity contribution in [2.45, 2.75) is 33.0 Å². The fourth-order valence-electron chi connectivity index (χ4n) is 1.44. The number of carbonyl (C=O) groups is 1. The van der Waals surface area contributed by atoms with Crippen molar-refractivity contribution in [1.82, 2.24) is 0 Å². The first-order valence-corrected chi connectivity index (χ1v) is 5.25. The second-order valence-corrected chi connectivity index (χ2v) is 3.71. The van der Waals surface area contributed by atoms with Gasteiger partial charge in [0.1, 0.15) is 6.29 Å². The summed E-state index contributed by atoms with van der Waals surface area (Å²) in [6.45, 7) is 5.33. The molecule has 1 aliphatic rings. The maximum Gasteiger partial charge on any atom is 0.179 e. The molecule has 84 valence electrons. The van der Waals surface area contributed by atoms with E-state index < -0.39 is 0 Å². The molecule has 1 saturated heterocycles. The first kappa shape index (κ1) is 12.1. The Morgan fingerprint density at radius 3 is 2.60 bits per heavy atom. The zero-order valence-corrected chi connectivity index (χ0v) is 9.36. The molecule has 0 atom stereocenters. The Hall–Kier alpha value is -0.930. The third-order valence-electron chi connectivity index (χ3n) is 2.35. The normalized spacial score (nSPS) is 19.6. The molecular weight excluding hydrogens is 192 g/mol. The molecule has 1 fully saturated rings. The minimum absolute atomic E-state index is 0.152. The molecular formula is C12H18O3. The van der Waals surface area contributed by atoms with Gasteiger partial charge in [0.15, 0.2) is 6.29 Å². The van der Waals surface area contributed by atoms with Crippen LogP contribution in [0.25, 0.3) is 0 Å². The molecule has 1 aliphatic heterocycles. The van der Waals surface area contributed by atoms with Gasteiger partial charge in [0.05, 0.1) is 13.2 Å². The van der Waals surface area contributed by atoms with Crippen molar-refractivity contribution in [2.24, 2.45) is 0 Å². The summed E-state index contributed by atoms with van der Waals surface area (Å²) in [4.78, 5) is 10.2. The van der Waals surface area contributed by atoms with Crippen molar-refractivity contribution in [1.29, 1.82) is 0 Å². The first-order valence-electron chi connectivity index (χ1n) is 5.25. The number of aldehydes is 1. The van der Waals surface area contributed by atoms with Crippen LogP contribution < -0.4 is 0 Å². The molecule has 15 heavy (non-hydrogen) atoms. The van der Waals surface area contributed by atoms with Crippen LogP contribution >= 0.6 is 0 Å². The van der Waals surface area contributed by atoms with Crippen molar-refractivity contribution in [2.75, 3.05) is 13.2 Å². The molecule has 3 heteroatoms. The quantitative estimate of drug-likeness (QED) is 0.396. The molecule has 0 amide bonds. The van der Waals surface area contributed by atoms with Crippen molar-refractivity contribution in [3.8, 4) is 0 Å². The van der Waals surface area contributed by atoms with Crippen molar-refractivity contribution in [3.05, 3.63) is 23.3 Å². The number of hydrogen-bond acceptors (Lipinski definition) is 3. The van der Waals surface area contributed by atoms with Gasteiger partial charge in [0, 0.05) is 0 Å². The van der Waals surface area contributed by atoms with E-state index in [4.69, 9.17) is 9.47 Å². The smallest absolute Gasteiger partial charge is 0.179 e. The summed E-state index contributed by atoms with van der Waals surface area (Å²) >= 11 is 0. The topological polar surface area (TPSA) is 35.5 Å². The highest BCUT2D eigenvalue weighted by Crippen LogP contribution is 2.15. The highest BCUT2D eigenvalue weighted by molar-refractivity contribution is 5.65. The summed E-state index contributed by atoms with van der Waals surface area (Å²) in [7, 11) is 0. The lowest BCUT2D eigenvalue weighted by Gasteiger charge is -2.09. The number of allylic oxidation sites excluding steroid dienone is 3. The van der Waals surface area contributed by atoms with Gasteiger partial charge in [-0.15, -0.1) is 0 Å². The van der Waals surface area contributed by atoms with Crippen molar-refractivity contribution < 1.29 is 14.3 Å². The lowest BCUT2D eigenvalue weighted by atomic mass is 10.1. The first-order chi connectivity index (χ1) is 7.24. The number of rotatable bonds is 5. The van der Waals surface area contributed by atoms with Crippen molar-refractivity contribution in [3.63, 3.8) is 0 Å². The molecule has 0 saturated carbocycles. The fraction of sp³-hybridized carbons (Fsp3) is 0.583. The SMILES string of the molecule is C/C(=C\C=O)CC/C=C(\C)C1OCCO1. The van der Waals surface area contributed by atoms with E-state index in [9.17, 15) is 4.79 Å². The zero-order chi connectivity index (χ0) is 11.1. The monoisotopic (exact) mass is 210 g/mol. The van der Waals surface area contributed by atoms with E-state index in [0.29, 0.717) is 13.2 Å². The molecule has 0 aromatic heterocycles. The van der Waals surface area contributed by atoms with Gasteiger partial charge in [-0.25, -0.2) is 0 Å². The second-order valence-electron chi connectivity index (χ2n) is 3.71. The lowest BCUT2D eigenvalue weighted by molar-refractivity contribution is -0.104. The predicted octanol–water partition coefficient (Wildman–Crippen LogP) is 2.23. The fourth-order valence-corrected chi connectivity index (χ4v) is 1.44. The van der Waals surface area contributed by atoms with E-state index >= 15 is 0 Å². The second kappa shape index (κ2) is 6.53. The molecule has 0 unspecified atom stereocenters. The summed E-state index contributed by atoms with van der Waals surface area (Å²) in [5.74, 6) is 0. The Labute approximate surface area is 90.8 Å². The van der Waals surface area contributed by atoms with Crippen LogP contribution in [0.3, 0.4) is 0 Å². The van der Waals surface area contributed by atoms with Crippen LogP contribution in [-0.2, 0) is 14.3 Å². The van der Waals surface area contributed by atoms with Crippen LogP contribution in [0.5, 0.6) is 0 Å². The van der Waals surface area contributed by atoms with Crippen LogP contribution in [0.1, 0.15) is 26.7 Å². The van der Waals surface area contributed by atoms with Gasteiger partial charge in [-0.05, 0) is 38.3 Å². The molecule has 0 spiro atoms. The molecule has 0 N–H and O–H groups in total. The van der Waals surface area contributed by atoms with E-state index in [1.165, 1.54) is 0 Å². The summed E-state index contributed by atoms with van der Waals surface area (Å²) in [6.07, 6.45) is 6.22. The highest BCUT2D eigenvalue weighted by Gasteiger charge is 2.16. The summed E-state index contributed by atoms with van der Waals surface area (Å²) in [5.41, 5.74) is 2.22. The Morgan fingerprint density at radius 2 is 2.00 bits per heavy atom. The zero-order valence-electron chi connectivity index (χ0n) is 9.36. The Bertz CT molecular complexity index is 260. The molecule has 0 aliphatic carbocycles. The van der Waals surface area contributed by atoms with Crippen LogP contribution in [0, 0.1) is 0 Å². The largest absolute Gasteiger partial charge is 0.346 e.